The second-order valence-electron chi connectivity index (χ2n) is 2.34. The zero-order chi connectivity index (χ0) is 8.39. The number of aldehydes is 1. The summed E-state index contributed by atoms with van der Waals surface area (Å²) in [5, 5.41) is 0. The number of carbonyl (C=O) groups is 1. The molecule has 0 aromatic carbocycles. The molecule has 0 aliphatic carbocycles. The van der Waals surface area contributed by atoms with E-state index in [9.17, 15) is 4.79 Å². The van der Waals surface area contributed by atoms with Crippen molar-refractivity contribution in [2.24, 2.45) is 0 Å². The van der Waals surface area contributed by atoms with Gasteiger partial charge in [0.25, 0.3) is 0 Å². The molecule has 0 aliphatic rings. The van der Waals surface area contributed by atoms with E-state index in [0.717, 1.165) is 6.29 Å². The van der Waals surface area contributed by atoms with Crippen LogP contribution in [0.2, 0.25) is 0 Å². The molecule has 2 rings (SSSR count). The van der Waals surface area contributed by atoms with Gasteiger partial charge in [-0.1, -0.05) is 0 Å². The summed E-state index contributed by atoms with van der Waals surface area (Å²) in [5.41, 5.74) is 0.605. The predicted molar refractivity (Wildman–Crippen MR) is 42.8 cm³/mol. The molecule has 0 saturated heterocycles. The Morgan fingerprint density at radius 2 is 2.33 bits per heavy atom. The van der Waals surface area contributed by atoms with E-state index in [1.165, 1.54) is 0 Å². The smallest absolute Gasteiger partial charge is 0.168 e. The zero-order valence-electron chi connectivity index (χ0n) is 6.29. The summed E-state index contributed by atoms with van der Waals surface area (Å²) in [5.74, 6) is 0. The van der Waals surface area contributed by atoms with Gasteiger partial charge in [-0.25, -0.2) is 9.66 Å². The van der Waals surface area contributed by atoms with E-state index in [0.29, 0.717) is 5.69 Å². The first-order chi connectivity index (χ1) is 5.92. The van der Waals surface area contributed by atoms with Crippen LogP contribution in [-0.4, -0.2) is 20.6 Å². The zero-order valence-corrected chi connectivity index (χ0v) is 6.29. The minimum atomic E-state index is 0.605. The Labute approximate surface area is 69.0 Å². The molecular weight excluding hydrogens is 154 g/mol. The number of hydrogen-bond acceptors (Lipinski definition) is 2. The van der Waals surface area contributed by atoms with Crippen molar-refractivity contribution < 1.29 is 4.79 Å². The standard InChI is InChI=1S/C8H7N3O/c12-6-8-2-1-4-11(8)10-5-3-9-7-10/h1-7H. The highest BCUT2D eigenvalue weighted by atomic mass is 16.1. The molecule has 12 heavy (non-hydrogen) atoms. The molecule has 0 atom stereocenters. The Kier molecular flexibility index (Phi) is 1.51. The number of imidazole rings is 1. The molecule has 2 aromatic heterocycles. The molecule has 2 heterocycles. The van der Waals surface area contributed by atoms with Crippen LogP contribution in [0.5, 0.6) is 0 Å². The maximum Gasteiger partial charge on any atom is 0.168 e. The van der Waals surface area contributed by atoms with Gasteiger partial charge in [-0.2, -0.15) is 0 Å². The lowest BCUT2D eigenvalue weighted by atomic mass is 10.5. The second-order valence-corrected chi connectivity index (χ2v) is 2.34. The Bertz CT molecular complexity index is 375. The van der Waals surface area contributed by atoms with E-state index in [1.54, 1.807) is 40.3 Å². The van der Waals surface area contributed by atoms with Crippen molar-refractivity contribution in [2.45, 2.75) is 0 Å². The third kappa shape index (κ3) is 0.934. The van der Waals surface area contributed by atoms with Gasteiger partial charge >= 0.3 is 0 Å². The van der Waals surface area contributed by atoms with Gasteiger partial charge in [0.1, 0.15) is 12.0 Å². The average Bonchev–Trinajstić information content (AvgIpc) is 2.74. The van der Waals surface area contributed by atoms with Crippen LogP contribution in [0.3, 0.4) is 0 Å². The first kappa shape index (κ1) is 6.84. The van der Waals surface area contributed by atoms with Crippen molar-refractivity contribution in [2.75, 3.05) is 0 Å². The molecule has 0 spiro atoms. The summed E-state index contributed by atoms with van der Waals surface area (Å²) in [6.07, 6.45) is 7.67. The Balaban J connectivity index is 2.53. The lowest BCUT2D eigenvalue weighted by molar-refractivity contribution is 0.111. The first-order valence-electron chi connectivity index (χ1n) is 3.53. The molecule has 0 aliphatic heterocycles. The SMILES string of the molecule is O=Cc1cccn1-n1ccnc1. The number of nitrogens with zero attached hydrogens (tertiary/aromatic N) is 3. The molecule has 0 fully saturated rings. The Morgan fingerprint density at radius 1 is 1.42 bits per heavy atom. The normalized spacial score (nSPS) is 10.0. The van der Waals surface area contributed by atoms with Crippen molar-refractivity contribution in [1.29, 1.82) is 0 Å². The van der Waals surface area contributed by atoms with E-state index < -0.39 is 0 Å². The van der Waals surface area contributed by atoms with E-state index >= 15 is 0 Å². The van der Waals surface area contributed by atoms with Gasteiger partial charge in [-0.3, -0.25) is 9.47 Å². The van der Waals surface area contributed by atoms with Crippen molar-refractivity contribution in [3.63, 3.8) is 0 Å². The maximum absolute atomic E-state index is 10.5. The van der Waals surface area contributed by atoms with Gasteiger partial charge in [-0.15, -0.1) is 0 Å². The van der Waals surface area contributed by atoms with Crippen molar-refractivity contribution in [1.82, 2.24) is 14.3 Å². The van der Waals surface area contributed by atoms with E-state index in [4.69, 9.17) is 0 Å². The molecule has 0 saturated carbocycles. The maximum atomic E-state index is 10.5. The van der Waals surface area contributed by atoms with Crippen LogP contribution >= 0.6 is 0 Å². The fraction of sp³-hybridized carbons (Fsp3) is 0. The minimum absolute atomic E-state index is 0.605. The first-order valence-corrected chi connectivity index (χ1v) is 3.53. The highest BCUT2D eigenvalue weighted by Crippen LogP contribution is 1.99. The van der Waals surface area contributed by atoms with Gasteiger partial charge in [0.15, 0.2) is 6.29 Å². The van der Waals surface area contributed by atoms with Gasteiger partial charge in [-0.05, 0) is 12.1 Å². The van der Waals surface area contributed by atoms with Crippen molar-refractivity contribution in [3.05, 3.63) is 42.7 Å². The van der Waals surface area contributed by atoms with E-state index in [2.05, 4.69) is 4.98 Å². The molecular formula is C8H7N3O. The van der Waals surface area contributed by atoms with Crippen LogP contribution in [0.15, 0.2) is 37.1 Å². The molecule has 4 heteroatoms. The fourth-order valence-corrected chi connectivity index (χ4v) is 1.07. The molecule has 0 radical (unpaired) electrons. The molecule has 0 unspecified atom stereocenters. The van der Waals surface area contributed by atoms with Crippen LogP contribution in [-0.2, 0) is 0 Å². The molecule has 60 valence electrons. The fourth-order valence-electron chi connectivity index (χ4n) is 1.07. The molecule has 0 N–H and O–H groups in total. The van der Waals surface area contributed by atoms with Gasteiger partial charge in [0, 0.05) is 18.6 Å². The molecule has 4 nitrogen and oxygen atoms in total. The Hall–Kier alpha value is -1.84. The third-order valence-corrected chi connectivity index (χ3v) is 1.62. The monoisotopic (exact) mass is 161 g/mol. The van der Waals surface area contributed by atoms with Crippen LogP contribution in [0.1, 0.15) is 10.5 Å². The third-order valence-electron chi connectivity index (χ3n) is 1.62. The molecule has 2 aromatic rings. The Morgan fingerprint density at radius 3 is 3.00 bits per heavy atom. The summed E-state index contributed by atoms with van der Waals surface area (Å²) in [6.45, 7) is 0. The van der Waals surface area contributed by atoms with Gasteiger partial charge in [0.2, 0.25) is 0 Å². The van der Waals surface area contributed by atoms with Crippen molar-refractivity contribution in [3.8, 4) is 0 Å². The quantitative estimate of drug-likeness (QED) is 0.611. The second kappa shape index (κ2) is 2.65. The summed E-state index contributed by atoms with van der Waals surface area (Å²) in [6, 6.07) is 3.55. The average molecular weight is 161 g/mol. The van der Waals surface area contributed by atoms with Crippen LogP contribution in [0.25, 0.3) is 0 Å². The summed E-state index contributed by atoms with van der Waals surface area (Å²) in [7, 11) is 0. The van der Waals surface area contributed by atoms with Gasteiger partial charge in [0.05, 0.1) is 0 Å². The highest BCUT2D eigenvalue weighted by molar-refractivity contribution is 5.72. The summed E-state index contributed by atoms with van der Waals surface area (Å²) >= 11 is 0. The van der Waals surface area contributed by atoms with Crippen LogP contribution in [0.4, 0.5) is 0 Å². The lowest BCUT2D eigenvalue weighted by Gasteiger charge is -2.03. The largest absolute Gasteiger partial charge is 0.296 e. The number of aromatic nitrogens is 3. The van der Waals surface area contributed by atoms with Crippen molar-refractivity contribution >= 4 is 6.29 Å². The van der Waals surface area contributed by atoms with E-state index in [-0.39, 0.29) is 0 Å². The van der Waals surface area contributed by atoms with Crippen LogP contribution in [0, 0.1) is 0 Å². The summed E-state index contributed by atoms with van der Waals surface area (Å²) < 4.78 is 3.43. The highest BCUT2D eigenvalue weighted by Gasteiger charge is 1.98. The lowest BCUT2D eigenvalue weighted by Crippen LogP contribution is -2.07. The predicted octanol–water partition coefficient (Wildman–Crippen LogP) is 0.808. The van der Waals surface area contributed by atoms with E-state index in [1.807, 2.05) is 6.07 Å². The topological polar surface area (TPSA) is 39.8 Å². The number of carbonyl (C=O) groups excluding carboxylic acids is 1. The minimum Gasteiger partial charge on any atom is -0.296 e. The molecule has 0 amide bonds. The number of hydrogen-bond donors (Lipinski definition) is 0. The number of rotatable bonds is 2. The summed E-state index contributed by atoms with van der Waals surface area (Å²) in [4.78, 5) is 14.4. The van der Waals surface area contributed by atoms with Gasteiger partial charge < -0.3 is 0 Å². The molecule has 0 bridgehead atoms. The van der Waals surface area contributed by atoms with Crippen LogP contribution < -0.4 is 0 Å².